The van der Waals surface area contributed by atoms with E-state index >= 15 is 0 Å². The lowest BCUT2D eigenvalue weighted by Crippen LogP contribution is -2.38. The fourth-order valence-electron chi connectivity index (χ4n) is 1.21. The molecule has 0 radical (unpaired) electrons. The quantitative estimate of drug-likeness (QED) is 0.439. The minimum Gasteiger partial charge on any atom is -0.0776 e. The summed E-state index contributed by atoms with van der Waals surface area (Å²) < 4.78 is 0. The van der Waals surface area contributed by atoms with Crippen LogP contribution in [0.25, 0.3) is 0 Å². The molecule has 0 aliphatic heterocycles. The topological polar surface area (TPSA) is 0 Å². The highest BCUT2D eigenvalue weighted by atomic mass is 14.5. The summed E-state index contributed by atoms with van der Waals surface area (Å²) in [6.45, 7) is 0. The third-order valence-electron chi connectivity index (χ3n) is 2.00. The van der Waals surface area contributed by atoms with Crippen LogP contribution in [0.2, 0.25) is 0 Å². The van der Waals surface area contributed by atoms with Crippen LogP contribution in [0.4, 0.5) is 0 Å². The van der Waals surface area contributed by atoms with Gasteiger partial charge in [0.15, 0.2) is 0 Å². The van der Waals surface area contributed by atoms with E-state index < -0.39 is 0 Å². The summed E-state index contributed by atoms with van der Waals surface area (Å²) in [6, 6.07) is 0. The van der Waals surface area contributed by atoms with Gasteiger partial charge in [-0.3, -0.25) is 0 Å². The van der Waals surface area contributed by atoms with Crippen LogP contribution >= 0.6 is 0 Å². The third kappa shape index (κ3) is 0.667. The summed E-state index contributed by atoms with van der Waals surface area (Å²) in [5, 5.41) is 0. The van der Waals surface area contributed by atoms with E-state index in [0.717, 1.165) is 0 Å². The second kappa shape index (κ2) is 1.85. The monoisotopic (exact) mass is 100 g/mol. The molecular formula is C7H16. The number of hydrogen-bond acceptors (Lipinski definition) is 0. The Morgan fingerprint density at radius 2 is 0.857 bits per heavy atom. The van der Waals surface area contributed by atoms with E-state index in [1.807, 2.05) is 0 Å². The van der Waals surface area contributed by atoms with Crippen LogP contribution in [0.5, 0.6) is 0 Å². The molecule has 3 aliphatic rings. The first-order valence-electron chi connectivity index (χ1n) is 2.45. The largest absolute Gasteiger partial charge is 0.0776 e. The van der Waals surface area contributed by atoms with Gasteiger partial charge in [0, 0.05) is 0 Å². The maximum atomic E-state index is 1.58. The Labute approximate surface area is 46.9 Å². The van der Waals surface area contributed by atoms with Crippen molar-refractivity contribution in [2.75, 3.05) is 0 Å². The first kappa shape index (κ1) is 7.00. The smallest absolute Gasteiger partial charge is 0.0406 e. The Balaban J connectivity index is 0.000000180. The zero-order valence-electron chi connectivity index (χ0n) is 3.28. The molecule has 0 spiro atoms. The van der Waals surface area contributed by atoms with E-state index in [0.29, 0.717) is 0 Å². The van der Waals surface area contributed by atoms with Crippen molar-refractivity contribution in [3.05, 3.63) is 0 Å². The van der Waals surface area contributed by atoms with Crippen LogP contribution in [-0.2, 0) is 0 Å². The molecule has 0 atom stereocenters. The van der Waals surface area contributed by atoms with Crippen molar-refractivity contribution in [2.45, 2.75) is 34.1 Å². The van der Waals surface area contributed by atoms with Crippen LogP contribution in [0, 0.1) is 11.8 Å². The minimum absolute atomic E-state index is 0. The van der Waals surface area contributed by atoms with Gasteiger partial charge in [-0.05, 0) is 31.1 Å². The molecule has 0 aromatic rings. The Bertz CT molecular complexity index is 36.8. The lowest BCUT2D eigenvalue weighted by molar-refractivity contribution is 0.0198. The molecule has 44 valence electrons. The predicted octanol–water partition coefficient (Wildman–Crippen LogP) is 2.69. The van der Waals surface area contributed by atoms with Crippen molar-refractivity contribution in [2.24, 2.45) is 11.8 Å². The van der Waals surface area contributed by atoms with Gasteiger partial charge in [0.1, 0.15) is 0 Å². The molecule has 0 nitrogen and oxygen atoms in total. The van der Waals surface area contributed by atoms with Crippen LogP contribution in [0.3, 0.4) is 0 Å². The van der Waals surface area contributed by atoms with E-state index in [2.05, 4.69) is 0 Å². The van der Waals surface area contributed by atoms with Gasteiger partial charge in [0.25, 0.3) is 0 Å². The summed E-state index contributed by atoms with van der Waals surface area (Å²) >= 11 is 0. The standard InChI is InChI=1S/C5H8.2CH4/c1-4-2-5(1)3-4;;/h4-5H,1-3H2;2*1H4. The molecule has 2 bridgehead atoms. The fraction of sp³-hybridized carbons (Fsp3) is 1.00. The van der Waals surface area contributed by atoms with Gasteiger partial charge >= 0.3 is 0 Å². The molecular weight excluding hydrogens is 84.1 g/mol. The second-order valence-corrected chi connectivity index (χ2v) is 2.44. The molecule has 7 heavy (non-hydrogen) atoms. The van der Waals surface area contributed by atoms with Crippen LogP contribution in [0.15, 0.2) is 0 Å². The van der Waals surface area contributed by atoms with Crippen molar-refractivity contribution < 1.29 is 0 Å². The van der Waals surface area contributed by atoms with Gasteiger partial charge in [0.05, 0.1) is 0 Å². The number of rotatable bonds is 0. The van der Waals surface area contributed by atoms with Gasteiger partial charge < -0.3 is 0 Å². The van der Waals surface area contributed by atoms with Gasteiger partial charge in [-0.1, -0.05) is 14.9 Å². The maximum absolute atomic E-state index is 1.58. The molecule has 3 rings (SSSR count). The average Bonchev–Trinajstić information content (AvgIpc) is 0.592. The van der Waals surface area contributed by atoms with E-state index in [1.54, 1.807) is 19.3 Å². The van der Waals surface area contributed by atoms with Gasteiger partial charge in [0.2, 0.25) is 0 Å². The van der Waals surface area contributed by atoms with Gasteiger partial charge in [-0.2, -0.15) is 0 Å². The molecule has 0 amide bonds. The summed E-state index contributed by atoms with van der Waals surface area (Å²) in [4.78, 5) is 0. The van der Waals surface area contributed by atoms with E-state index in [-0.39, 0.29) is 14.9 Å². The molecule has 3 fully saturated rings. The van der Waals surface area contributed by atoms with Crippen molar-refractivity contribution in [3.8, 4) is 0 Å². The highest BCUT2D eigenvalue weighted by Gasteiger charge is 2.41. The van der Waals surface area contributed by atoms with Crippen molar-refractivity contribution in [1.29, 1.82) is 0 Å². The van der Waals surface area contributed by atoms with Crippen molar-refractivity contribution in [3.63, 3.8) is 0 Å². The maximum Gasteiger partial charge on any atom is -0.0406 e. The molecule has 0 aromatic carbocycles. The summed E-state index contributed by atoms with van der Waals surface area (Å²) in [5.74, 6) is 2.42. The molecule has 0 N–H and O–H groups in total. The van der Waals surface area contributed by atoms with Gasteiger partial charge in [-0.25, -0.2) is 0 Å². The first-order valence-corrected chi connectivity index (χ1v) is 2.45. The minimum atomic E-state index is 0. The molecule has 0 unspecified atom stereocenters. The summed E-state index contributed by atoms with van der Waals surface area (Å²) in [7, 11) is 0. The lowest BCUT2D eigenvalue weighted by Gasteiger charge is -2.49. The lowest BCUT2D eigenvalue weighted by atomic mass is 9.56. The van der Waals surface area contributed by atoms with E-state index in [4.69, 9.17) is 0 Å². The molecule has 0 heterocycles. The van der Waals surface area contributed by atoms with Crippen LogP contribution in [0.1, 0.15) is 34.1 Å². The Morgan fingerprint density at radius 1 is 0.714 bits per heavy atom. The molecule has 0 aromatic heterocycles. The normalized spacial score (nSPS) is 41.1. The zero-order valence-corrected chi connectivity index (χ0v) is 3.28. The van der Waals surface area contributed by atoms with Crippen LogP contribution < -0.4 is 0 Å². The van der Waals surface area contributed by atoms with Crippen molar-refractivity contribution >= 4 is 0 Å². The first-order chi connectivity index (χ1) is 2.45. The average molecular weight is 100 g/mol. The van der Waals surface area contributed by atoms with Gasteiger partial charge in [-0.15, -0.1) is 0 Å². The summed E-state index contributed by atoms with van der Waals surface area (Å²) in [5.41, 5.74) is 0. The number of hydrogen-bond donors (Lipinski definition) is 0. The Morgan fingerprint density at radius 3 is 0.857 bits per heavy atom. The van der Waals surface area contributed by atoms with Crippen molar-refractivity contribution in [1.82, 2.24) is 0 Å². The summed E-state index contributed by atoms with van der Waals surface area (Å²) in [6.07, 6.45) is 4.75. The predicted molar refractivity (Wildman–Crippen MR) is 34.3 cm³/mol. The zero-order chi connectivity index (χ0) is 3.28. The van der Waals surface area contributed by atoms with E-state index in [9.17, 15) is 0 Å². The fourth-order valence-corrected chi connectivity index (χ4v) is 1.21. The Hall–Kier alpha value is 0. The second-order valence-electron chi connectivity index (χ2n) is 2.44. The highest BCUT2D eigenvalue weighted by Crippen LogP contribution is 2.52. The third-order valence-corrected chi connectivity index (χ3v) is 2.00. The molecule has 3 saturated carbocycles. The molecule has 0 saturated heterocycles. The Kier molecular flexibility index (Phi) is 1.85. The SMILES string of the molecule is C.C.C1C2CC1C2. The molecule has 0 heteroatoms. The molecule has 3 aliphatic carbocycles. The van der Waals surface area contributed by atoms with E-state index in [1.165, 1.54) is 11.8 Å². The van der Waals surface area contributed by atoms with Crippen LogP contribution in [-0.4, -0.2) is 0 Å². The highest BCUT2D eigenvalue weighted by molar-refractivity contribution is 4.92.